The molecule has 0 aromatic heterocycles. The number of nitrogens with one attached hydrogen (secondary N) is 2. The zero-order chi connectivity index (χ0) is 21.9. The van der Waals surface area contributed by atoms with Gasteiger partial charge in [0.15, 0.2) is 0 Å². The number of benzene rings is 1. The van der Waals surface area contributed by atoms with Gasteiger partial charge in [-0.15, -0.1) is 0 Å². The smallest absolute Gasteiger partial charge is 0.220 e. The lowest BCUT2D eigenvalue weighted by Crippen LogP contribution is -2.25. The highest BCUT2D eigenvalue weighted by atomic mass is 16.2. The maximum Gasteiger partial charge on any atom is 0.220 e. The molecule has 0 heterocycles. The number of rotatable bonds is 14. The summed E-state index contributed by atoms with van der Waals surface area (Å²) in [6, 6.07) is 8.61. The molecular weight excluding hydrogens is 360 g/mol. The molecule has 0 aliphatic rings. The summed E-state index contributed by atoms with van der Waals surface area (Å²) >= 11 is 0. The Kier molecular flexibility index (Phi) is 17.1. The van der Waals surface area contributed by atoms with Crippen LogP contribution in [-0.2, 0) is 16.0 Å². The monoisotopic (exact) mass is 404 g/mol. The third-order valence-corrected chi connectivity index (χ3v) is 4.69. The molecule has 4 nitrogen and oxygen atoms in total. The molecular formula is C25H44N2O2. The van der Waals surface area contributed by atoms with Crippen LogP contribution in [0.4, 0.5) is 0 Å². The zero-order valence-electron chi connectivity index (χ0n) is 19.5. The summed E-state index contributed by atoms with van der Waals surface area (Å²) in [5.74, 6) is 0.880. The van der Waals surface area contributed by atoms with Crippen LogP contribution in [0.15, 0.2) is 24.3 Å². The van der Waals surface area contributed by atoms with E-state index in [1.165, 1.54) is 11.1 Å². The average Bonchev–Trinajstić information content (AvgIpc) is 2.71. The summed E-state index contributed by atoms with van der Waals surface area (Å²) < 4.78 is 0. The van der Waals surface area contributed by atoms with E-state index >= 15 is 0 Å². The molecule has 2 N–H and O–H groups in total. The van der Waals surface area contributed by atoms with Gasteiger partial charge in [0.05, 0.1) is 0 Å². The van der Waals surface area contributed by atoms with Crippen molar-refractivity contribution in [3.8, 4) is 0 Å². The first-order chi connectivity index (χ1) is 14.0. The molecule has 0 bridgehead atoms. The molecule has 1 aromatic carbocycles. The van der Waals surface area contributed by atoms with Crippen LogP contribution in [0, 0.1) is 12.8 Å². The Morgan fingerprint density at radius 1 is 0.793 bits per heavy atom. The molecule has 1 aromatic rings. The second-order valence-corrected chi connectivity index (χ2v) is 7.89. The molecule has 2 amide bonds. The topological polar surface area (TPSA) is 58.2 Å². The highest BCUT2D eigenvalue weighted by Crippen LogP contribution is 2.08. The molecule has 0 radical (unpaired) electrons. The third kappa shape index (κ3) is 16.8. The molecule has 0 spiro atoms. The Labute approximate surface area is 179 Å². The van der Waals surface area contributed by atoms with Gasteiger partial charge in [-0.2, -0.15) is 0 Å². The quantitative estimate of drug-likeness (QED) is 0.398. The molecule has 29 heavy (non-hydrogen) atoms. The largest absolute Gasteiger partial charge is 0.356 e. The van der Waals surface area contributed by atoms with Crippen LogP contribution < -0.4 is 10.6 Å². The molecule has 0 aliphatic heterocycles. The summed E-state index contributed by atoms with van der Waals surface area (Å²) in [6.07, 6.45) is 8.17. The van der Waals surface area contributed by atoms with Crippen molar-refractivity contribution >= 4 is 11.8 Å². The Balaban J connectivity index is 0.00000379. The van der Waals surface area contributed by atoms with E-state index in [4.69, 9.17) is 0 Å². The number of unbranched alkanes of at least 4 members (excludes halogenated alkanes) is 3. The minimum atomic E-state index is 0.154. The lowest BCUT2D eigenvalue weighted by molar-refractivity contribution is -0.122. The van der Waals surface area contributed by atoms with E-state index in [0.717, 1.165) is 58.0 Å². The molecule has 0 saturated carbocycles. The van der Waals surface area contributed by atoms with Crippen LogP contribution in [0.1, 0.15) is 90.2 Å². The van der Waals surface area contributed by atoms with Gasteiger partial charge in [0, 0.05) is 25.9 Å². The Bertz CT molecular complexity index is 538. The second-order valence-electron chi connectivity index (χ2n) is 7.89. The van der Waals surface area contributed by atoms with Gasteiger partial charge in [0.1, 0.15) is 0 Å². The van der Waals surface area contributed by atoms with Gasteiger partial charge >= 0.3 is 0 Å². The SMILES string of the molecule is CC.Cc1ccc(CCCCC(=O)NCCCCCNC(=O)CCC(C)C)cc1. The zero-order valence-corrected chi connectivity index (χ0v) is 19.5. The van der Waals surface area contributed by atoms with E-state index in [-0.39, 0.29) is 11.8 Å². The first-order valence-electron chi connectivity index (χ1n) is 11.6. The Hall–Kier alpha value is -1.84. The van der Waals surface area contributed by atoms with Crippen molar-refractivity contribution in [1.29, 1.82) is 0 Å². The van der Waals surface area contributed by atoms with E-state index in [9.17, 15) is 9.59 Å². The van der Waals surface area contributed by atoms with Crippen LogP contribution in [0.3, 0.4) is 0 Å². The predicted molar refractivity (Wildman–Crippen MR) is 124 cm³/mol. The second kappa shape index (κ2) is 18.2. The average molecular weight is 405 g/mol. The van der Waals surface area contributed by atoms with Crippen molar-refractivity contribution in [3.05, 3.63) is 35.4 Å². The number of carbonyl (C=O) groups excluding carboxylic acids is 2. The van der Waals surface area contributed by atoms with Crippen molar-refractivity contribution in [2.24, 2.45) is 5.92 Å². The fourth-order valence-electron chi connectivity index (χ4n) is 2.85. The van der Waals surface area contributed by atoms with Gasteiger partial charge in [-0.25, -0.2) is 0 Å². The van der Waals surface area contributed by atoms with Crippen LogP contribution in [0.25, 0.3) is 0 Å². The summed E-state index contributed by atoms with van der Waals surface area (Å²) in [5.41, 5.74) is 2.63. The van der Waals surface area contributed by atoms with E-state index in [2.05, 4.69) is 55.7 Å². The third-order valence-electron chi connectivity index (χ3n) is 4.69. The summed E-state index contributed by atoms with van der Waals surface area (Å²) in [7, 11) is 0. The normalized spacial score (nSPS) is 10.3. The van der Waals surface area contributed by atoms with E-state index in [0.29, 0.717) is 18.8 Å². The van der Waals surface area contributed by atoms with Crippen molar-refractivity contribution in [1.82, 2.24) is 10.6 Å². The number of aryl methyl sites for hydroxylation is 2. The van der Waals surface area contributed by atoms with Crippen LogP contribution in [0.5, 0.6) is 0 Å². The van der Waals surface area contributed by atoms with E-state index in [1.54, 1.807) is 0 Å². The van der Waals surface area contributed by atoms with Gasteiger partial charge in [-0.05, 0) is 63.4 Å². The van der Waals surface area contributed by atoms with E-state index in [1.807, 2.05) is 13.8 Å². The lowest BCUT2D eigenvalue weighted by atomic mass is 10.1. The van der Waals surface area contributed by atoms with Gasteiger partial charge < -0.3 is 10.6 Å². The highest BCUT2D eigenvalue weighted by Gasteiger charge is 2.03. The molecule has 4 heteroatoms. The van der Waals surface area contributed by atoms with E-state index < -0.39 is 0 Å². The van der Waals surface area contributed by atoms with Gasteiger partial charge in [-0.1, -0.05) is 57.5 Å². The number of carbonyl (C=O) groups is 2. The standard InChI is InChI=1S/C23H38N2O2.C2H6/c1-19(2)11-16-23(27)25-18-8-4-7-17-24-22(26)10-6-5-9-21-14-12-20(3)13-15-21;1-2/h12-15,19H,4-11,16-18H2,1-3H3,(H,24,26)(H,25,27);1-2H3. The minimum Gasteiger partial charge on any atom is -0.356 e. The molecule has 0 aliphatic carbocycles. The number of amides is 2. The lowest BCUT2D eigenvalue weighted by Gasteiger charge is -2.07. The summed E-state index contributed by atoms with van der Waals surface area (Å²) in [6.45, 7) is 11.8. The maximum absolute atomic E-state index is 11.8. The van der Waals surface area contributed by atoms with Crippen molar-refractivity contribution < 1.29 is 9.59 Å². The number of hydrogen-bond acceptors (Lipinski definition) is 2. The fraction of sp³-hybridized carbons (Fsp3) is 0.680. The summed E-state index contributed by atoms with van der Waals surface area (Å²) in [5, 5.41) is 5.96. The predicted octanol–water partition coefficient (Wildman–Crippen LogP) is 5.57. The summed E-state index contributed by atoms with van der Waals surface area (Å²) in [4.78, 5) is 23.4. The molecule has 0 atom stereocenters. The Morgan fingerprint density at radius 2 is 1.34 bits per heavy atom. The Morgan fingerprint density at radius 3 is 1.90 bits per heavy atom. The fourth-order valence-corrected chi connectivity index (χ4v) is 2.85. The van der Waals surface area contributed by atoms with Crippen LogP contribution >= 0.6 is 0 Å². The number of hydrogen-bond donors (Lipinski definition) is 2. The molecule has 0 fully saturated rings. The molecule has 166 valence electrons. The van der Waals surface area contributed by atoms with Crippen LogP contribution in [-0.4, -0.2) is 24.9 Å². The molecule has 0 unspecified atom stereocenters. The molecule has 0 saturated heterocycles. The first kappa shape index (κ1) is 27.2. The maximum atomic E-state index is 11.8. The van der Waals surface area contributed by atoms with Gasteiger partial charge in [0.2, 0.25) is 11.8 Å². The van der Waals surface area contributed by atoms with Gasteiger partial charge in [0.25, 0.3) is 0 Å². The van der Waals surface area contributed by atoms with Crippen molar-refractivity contribution in [2.75, 3.05) is 13.1 Å². The molecule has 1 rings (SSSR count). The highest BCUT2D eigenvalue weighted by molar-refractivity contribution is 5.76. The van der Waals surface area contributed by atoms with Crippen molar-refractivity contribution in [2.45, 2.75) is 92.4 Å². The van der Waals surface area contributed by atoms with Crippen molar-refractivity contribution in [3.63, 3.8) is 0 Å². The van der Waals surface area contributed by atoms with Gasteiger partial charge in [-0.3, -0.25) is 9.59 Å². The van der Waals surface area contributed by atoms with Crippen LogP contribution in [0.2, 0.25) is 0 Å². The minimum absolute atomic E-state index is 0.154. The first-order valence-corrected chi connectivity index (χ1v) is 11.6.